The summed E-state index contributed by atoms with van der Waals surface area (Å²) < 4.78 is 33.4. The van der Waals surface area contributed by atoms with Crippen LogP contribution in [0.1, 0.15) is 37.8 Å². The first-order chi connectivity index (χ1) is 16.4. The number of piperidine rings is 1. The zero-order chi connectivity index (χ0) is 24.3. The fraction of sp³-hybridized carbons (Fsp3) is 0.423. The Balaban J connectivity index is 1.82. The minimum Gasteiger partial charge on any atom is -0.469 e. The summed E-state index contributed by atoms with van der Waals surface area (Å²) in [5, 5.41) is 10.6. The lowest BCUT2D eigenvalue weighted by Gasteiger charge is -2.43. The number of hydrogen-bond donors (Lipinski definition) is 1. The third-order valence-corrected chi connectivity index (χ3v) is 8.73. The van der Waals surface area contributed by atoms with Crippen molar-refractivity contribution in [3.63, 3.8) is 0 Å². The zero-order valence-electron chi connectivity index (χ0n) is 19.6. The fourth-order valence-electron chi connectivity index (χ4n) is 5.26. The molecule has 3 aromatic rings. The molecule has 182 valence electrons. The highest BCUT2D eigenvalue weighted by Gasteiger charge is 2.38. The van der Waals surface area contributed by atoms with Gasteiger partial charge in [-0.3, -0.25) is 9.69 Å². The van der Waals surface area contributed by atoms with E-state index in [1.807, 2.05) is 24.3 Å². The molecule has 1 aliphatic rings. The highest BCUT2D eigenvalue weighted by Crippen LogP contribution is 2.43. The SMILES string of the molecule is CC[C@H]1CN(CCO)[C@H](c2cn(S(=O)(=O)c3ccccc3)c3ccccc23)C[C@@H]1CC(=O)OC. The van der Waals surface area contributed by atoms with E-state index in [2.05, 4.69) is 11.8 Å². The molecule has 2 heterocycles. The molecule has 3 atom stereocenters. The van der Waals surface area contributed by atoms with Crippen molar-refractivity contribution in [2.24, 2.45) is 11.8 Å². The molecule has 7 nitrogen and oxygen atoms in total. The van der Waals surface area contributed by atoms with E-state index in [0.717, 1.165) is 23.9 Å². The highest BCUT2D eigenvalue weighted by molar-refractivity contribution is 7.90. The van der Waals surface area contributed by atoms with Gasteiger partial charge in [0.15, 0.2) is 0 Å². The van der Waals surface area contributed by atoms with Crippen molar-refractivity contribution in [2.75, 3.05) is 26.8 Å². The van der Waals surface area contributed by atoms with E-state index in [1.165, 1.54) is 11.1 Å². The Morgan fingerprint density at radius 2 is 1.79 bits per heavy atom. The van der Waals surface area contributed by atoms with Gasteiger partial charge in [-0.15, -0.1) is 0 Å². The van der Waals surface area contributed by atoms with Crippen LogP contribution >= 0.6 is 0 Å². The van der Waals surface area contributed by atoms with E-state index in [0.29, 0.717) is 30.8 Å². The predicted octanol–water partition coefficient (Wildman–Crippen LogP) is 3.82. The van der Waals surface area contributed by atoms with Crippen molar-refractivity contribution in [1.82, 2.24) is 8.87 Å². The standard InChI is InChI=1S/C26H32N2O5S/c1-3-19-17-27(13-14-29)25(15-20(19)16-26(30)33-2)23-18-28(24-12-8-7-11-22(23)24)34(31,32)21-9-5-4-6-10-21/h4-12,18-20,25,29H,3,13-17H2,1-2H3/t19-,20+,25-/m0/s1. The predicted molar refractivity (Wildman–Crippen MR) is 131 cm³/mol. The van der Waals surface area contributed by atoms with Crippen molar-refractivity contribution in [3.8, 4) is 0 Å². The van der Waals surface area contributed by atoms with Crippen molar-refractivity contribution in [3.05, 3.63) is 66.4 Å². The van der Waals surface area contributed by atoms with Crippen LogP contribution in [0.3, 0.4) is 0 Å². The second-order valence-electron chi connectivity index (χ2n) is 8.89. The van der Waals surface area contributed by atoms with E-state index in [4.69, 9.17) is 4.74 Å². The van der Waals surface area contributed by atoms with Crippen LogP contribution in [0.4, 0.5) is 0 Å². The molecule has 0 spiro atoms. The van der Waals surface area contributed by atoms with Gasteiger partial charge < -0.3 is 9.84 Å². The van der Waals surface area contributed by atoms with Crippen LogP contribution in [0.5, 0.6) is 0 Å². The number of β-amino-alcohol motifs (C(OH)–C–C–N with tert-alkyl or cyclic N) is 1. The molecule has 1 N–H and O–H groups in total. The van der Waals surface area contributed by atoms with Gasteiger partial charge in [-0.05, 0) is 42.0 Å². The maximum atomic E-state index is 13.5. The van der Waals surface area contributed by atoms with Crippen molar-refractivity contribution < 1.29 is 23.1 Å². The molecule has 1 aromatic heterocycles. The number of likely N-dealkylation sites (tertiary alicyclic amines) is 1. The summed E-state index contributed by atoms with van der Waals surface area (Å²) in [6, 6.07) is 15.8. The van der Waals surface area contributed by atoms with E-state index in [9.17, 15) is 18.3 Å². The van der Waals surface area contributed by atoms with Gasteiger partial charge in [-0.1, -0.05) is 49.7 Å². The van der Waals surface area contributed by atoms with Crippen molar-refractivity contribution in [2.45, 2.75) is 37.1 Å². The number of benzene rings is 2. The first-order valence-corrected chi connectivity index (χ1v) is 13.2. The lowest BCUT2D eigenvalue weighted by molar-refractivity contribution is -0.143. The molecule has 34 heavy (non-hydrogen) atoms. The van der Waals surface area contributed by atoms with Gasteiger partial charge in [-0.25, -0.2) is 12.4 Å². The number of carbonyl (C=O) groups excluding carboxylic acids is 1. The minimum absolute atomic E-state index is 0.00948. The average molecular weight is 485 g/mol. The molecule has 2 aromatic carbocycles. The zero-order valence-corrected chi connectivity index (χ0v) is 20.4. The van der Waals surface area contributed by atoms with Crippen LogP contribution in [0.2, 0.25) is 0 Å². The molecule has 0 bridgehead atoms. The van der Waals surface area contributed by atoms with Gasteiger partial charge in [0.1, 0.15) is 0 Å². The van der Waals surface area contributed by atoms with Gasteiger partial charge in [0.05, 0.1) is 24.1 Å². The number of aliphatic hydroxyl groups excluding tert-OH is 1. The smallest absolute Gasteiger partial charge is 0.305 e. The van der Waals surface area contributed by atoms with Crippen molar-refractivity contribution in [1.29, 1.82) is 0 Å². The lowest BCUT2D eigenvalue weighted by atomic mass is 9.77. The summed E-state index contributed by atoms with van der Waals surface area (Å²) >= 11 is 0. The molecule has 0 aliphatic carbocycles. The Morgan fingerprint density at radius 3 is 2.47 bits per heavy atom. The summed E-state index contributed by atoms with van der Waals surface area (Å²) in [6.07, 6.45) is 3.66. The number of carbonyl (C=O) groups is 1. The number of esters is 1. The number of rotatable bonds is 8. The van der Waals surface area contributed by atoms with E-state index >= 15 is 0 Å². The Kier molecular flexibility index (Phi) is 7.40. The van der Waals surface area contributed by atoms with Crippen molar-refractivity contribution >= 4 is 26.9 Å². The Bertz CT molecular complexity index is 1240. The maximum Gasteiger partial charge on any atom is 0.305 e. The number of hydrogen-bond acceptors (Lipinski definition) is 6. The van der Waals surface area contributed by atoms with E-state index in [-0.39, 0.29) is 29.4 Å². The Labute approximate surface area is 201 Å². The van der Waals surface area contributed by atoms with Crippen LogP contribution in [0.15, 0.2) is 65.7 Å². The number of aromatic nitrogens is 1. The van der Waals surface area contributed by atoms with Crippen LogP contribution < -0.4 is 0 Å². The molecule has 1 aliphatic heterocycles. The van der Waals surface area contributed by atoms with Gasteiger partial charge in [0.25, 0.3) is 10.0 Å². The topological polar surface area (TPSA) is 88.8 Å². The van der Waals surface area contributed by atoms with Crippen LogP contribution in [0.25, 0.3) is 10.9 Å². The minimum atomic E-state index is -3.79. The summed E-state index contributed by atoms with van der Waals surface area (Å²) in [5.41, 5.74) is 1.51. The molecular weight excluding hydrogens is 452 g/mol. The average Bonchev–Trinajstić information content (AvgIpc) is 3.25. The van der Waals surface area contributed by atoms with Crippen LogP contribution in [-0.2, 0) is 19.6 Å². The normalized spacial score (nSPS) is 21.6. The number of para-hydroxylation sites is 1. The molecule has 0 amide bonds. The van der Waals surface area contributed by atoms with Crippen LogP contribution in [-0.4, -0.2) is 55.2 Å². The largest absolute Gasteiger partial charge is 0.469 e. The number of nitrogens with zero attached hydrogens (tertiary/aromatic N) is 2. The number of ether oxygens (including phenoxy) is 1. The fourth-order valence-corrected chi connectivity index (χ4v) is 6.66. The highest BCUT2D eigenvalue weighted by atomic mass is 32.2. The first kappa shape index (κ1) is 24.4. The third kappa shape index (κ3) is 4.62. The summed E-state index contributed by atoms with van der Waals surface area (Å²) in [7, 11) is -2.38. The Hall–Kier alpha value is -2.68. The van der Waals surface area contributed by atoms with Gasteiger partial charge in [0.2, 0.25) is 0 Å². The second kappa shape index (κ2) is 10.3. The number of fused-ring (bicyclic) bond motifs is 1. The third-order valence-electron chi connectivity index (χ3n) is 7.04. The molecule has 1 saturated heterocycles. The molecular formula is C26H32N2O5S. The molecule has 0 unspecified atom stereocenters. The Morgan fingerprint density at radius 1 is 1.09 bits per heavy atom. The maximum absolute atomic E-state index is 13.5. The molecule has 8 heteroatoms. The van der Waals surface area contributed by atoms with Crippen LogP contribution in [0, 0.1) is 11.8 Å². The van der Waals surface area contributed by atoms with E-state index < -0.39 is 10.0 Å². The quantitative estimate of drug-likeness (QED) is 0.489. The lowest BCUT2D eigenvalue weighted by Crippen LogP contribution is -2.44. The summed E-state index contributed by atoms with van der Waals surface area (Å²) in [5.74, 6) is 0.181. The van der Waals surface area contributed by atoms with Gasteiger partial charge >= 0.3 is 5.97 Å². The molecule has 0 radical (unpaired) electrons. The summed E-state index contributed by atoms with van der Waals surface area (Å²) in [4.78, 5) is 14.6. The molecule has 0 saturated carbocycles. The monoisotopic (exact) mass is 484 g/mol. The number of aliphatic hydroxyl groups is 1. The molecule has 4 rings (SSSR count). The van der Waals surface area contributed by atoms with Gasteiger partial charge in [0, 0.05) is 37.1 Å². The van der Waals surface area contributed by atoms with Gasteiger partial charge in [-0.2, -0.15) is 0 Å². The summed E-state index contributed by atoms with van der Waals surface area (Å²) in [6.45, 7) is 3.34. The van der Waals surface area contributed by atoms with E-state index in [1.54, 1.807) is 36.5 Å². The first-order valence-electron chi connectivity index (χ1n) is 11.7. The molecule has 1 fully saturated rings. The second-order valence-corrected chi connectivity index (χ2v) is 10.7. The number of methoxy groups -OCH3 is 1.